The molecule has 1 unspecified atom stereocenters. The summed E-state index contributed by atoms with van der Waals surface area (Å²) in [5, 5.41) is 6.18. The average Bonchev–Trinajstić information content (AvgIpc) is 3.23. The number of amides is 2. The first-order chi connectivity index (χ1) is 14.3. The van der Waals surface area contributed by atoms with Gasteiger partial charge in [-0.2, -0.15) is 0 Å². The number of hydrogen-bond acceptors (Lipinski definition) is 4. The number of benzene rings is 2. The van der Waals surface area contributed by atoms with E-state index in [-0.39, 0.29) is 12.1 Å². The Labute approximate surface area is 172 Å². The lowest BCUT2D eigenvalue weighted by Gasteiger charge is -2.27. The van der Waals surface area contributed by atoms with E-state index >= 15 is 0 Å². The van der Waals surface area contributed by atoms with Crippen molar-refractivity contribution in [3.05, 3.63) is 65.7 Å². The van der Waals surface area contributed by atoms with Gasteiger partial charge in [0.05, 0.1) is 13.2 Å². The molecular weight excluding hydrogens is 364 g/mol. The summed E-state index contributed by atoms with van der Waals surface area (Å²) in [5.74, 6) is 0. The minimum Gasteiger partial charge on any atom is -0.379 e. The number of hydrogen-bond donors (Lipinski definition) is 2. The lowest BCUT2D eigenvalue weighted by molar-refractivity contribution is 0.0341. The van der Waals surface area contributed by atoms with Crippen molar-refractivity contribution < 1.29 is 9.53 Å². The highest BCUT2D eigenvalue weighted by Gasteiger charge is 2.24. The molecule has 0 spiro atoms. The molecule has 4 rings (SSSR count). The zero-order chi connectivity index (χ0) is 19.9. The van der Waals surface area contributed by atoms with Gasteiger partial charge in [-0.1, -0.05) is 42.5 Å². The molecule has 2 heterocycles. The third kappa shape index (κ3) is 5.49. The minimum atomic E-state index is -0.0916. The van der Waals surface area contributed by atoms with Crippen LogP contribution in [0.2, 0.25) is 0 Å². The van der Waals surface area contributed by atoms with Crippen LogP contribution < -0.4 is 15.5 Å². The van der Waals surface area contributed by atoms with Crippen molar-refractivity contribution in [3.8, 4) is 0 Å². The van der Waals surface area contributed by atoms with Crippen LogP contribution in [0.25, 0.3) is 0 Å². The summed E-state index contributed by atoms with van der Waals surface area (Å²) in [6.45, 7) is 6.78. The maximum Gasteiger partial charge on any atom is 0.315 e. The summed E-state index contributed by atoms with van der Waals surface area (Å²) >= 11 is 0. The zero-order valence-electron chi connectivity index (χ0n) is 16.8. The van der Waals surface area contributed by atoms with Crippen LogP contribution in [-0.2, 0) is 17.8 Å². The number of urea groups is 1. The number of carbonyl (C=O) groups excluding carboxylic acids is 1. The molecule has 0 saturated carbocycles. The van der Waals surface area contributed by atoms with E-state index in [0.717, 1.165) is 52.4 Å². The van der Waals surface area contributed by atoms with Gasteiger partial charge >= 0.3 is 6.03 Å². The maximum absolute atomic E-state index is 12.4. The second-order valence-corrected chi connectivity index (χ2v) is 7.75. The van der Waals surface area contributed by atoms with Crippen molar-refractivity contribution in [1.29, 1.82) is 0 Å². The second kappa shape index (κ2) is 9.76. The Hall–Kier alpha value is -2.57. The van der Waals surface area contributed by atoms with E-state index in [2.05, 4.69) is 62.9 Å². The zero-order valence-corrected chi connectivity index (χ0v) is 16.8. The van der Waals surface area contributed by atoms with Crippen LogP contribution in [0.15, 0.2) is 54.6 Å². The minimum absolute atomic E-state index is 0.0916. The molecule has 6 nitrogen and oxygen atoms in total. The average molecular weight is 395 g/mol. The Balaban J connectivity index is 1.26. The Bertz CT molecular complexity index is 792. The molecule has 0 bridgehead atoms. The third-order valence-corrected chi connectivity index (χ3v) is 5.70. The van der Waals surface area contributed by atoms with E-state index in [0.29, 0.717) is 6.54 Å². The van der Waals surface area contributed by atoms with E-state index in [4.69, 9.17) is 4.74 Å². The fourth-order valence-corrected chi connectivity index (χ4v) is 4.05. The first-order valence-electron chi connectivity index (χ1n) is 10.5. The van der Waals surface area contributed by atoms with Crippen LogP contribution in [0.3, 0.4) is 0 Å². The molecule has 0 aromatic heterocycles. The van der Waals surface area contributed by atoms with Gasteiger partial charge in [0, 0.05) is 51.0 Å². The van der Waals surface area contributed by atoms with Gasteiger partial charge < -0.3 is 20.3 Å². The van der Waals surface area contributed by atoms with E-state index in [1.807, 2.05) is 12.1 Å². The summed E-state index contributed by atoms with van der Waals surface area (Å²) in [6.07, 6.45) is 0.968. The van der Waals surface area contributed by atoms with Crippen LogP contribution in [0.4, 0.5) is 10.5 Å². The van der Waals surface area contributed by atoms with E-state index in [1.54, 1.807) is 0 Å². The van der Waals surface area contributed by atoms with Gasteiger partial charge in [-0.25, -0.2) is 4.79 Å². The number of carbonyl (C=O) groups is 1. The smallest absolute Gasteiger partial charge is 0.315 e. The van der Waals surface area contributed by atoms with Crippen molar-refractivity contribution in [2.75, 3.05) is 44.3 Å². The van der Waals surface area contributed by atoms with Crippen molar-refractivity contribution in [3.63, 3.8) is 0 Å². The molecule has 2 saturated heterocycles. The SMILES string of the molecule is O=C(NCc1ccccc1CN1CCOCC1)NC1CCN(c2ccccc2)C1. The molecule has 2 amide bonds. The maximum atomic E-state index is 12.4. The fraction of sp³-hybridized carbons (Fsp3) is 0.435. The van der Waals surface area contributed by atoms with E-state index in [9.17, 15) is 4.79 Å². The van der Waals surface area contributed by atoms with E-state index in [1.165, 1.54) is 16.8 Å². The molecule has 0 aliphatic carbocycles. The lowest BCUT2D eigenvalue weighted by Crippen LogP contribution is -2.43. The monoisotopic (exact) mass is 394 g/mol. The Morgan fingerprint density at radius 1 is 0.966 bits per heavy atom. The molecule has 2 aromatic carbocycles. The van der Waals surface area contributed by atoms with Gasteiger partial charge in [-0.3, -0.25) is 4.90 Å². The molecule has 6 heteroatoms. The standard InChI is InChI=1S/C23H30N4O2/c28-23(25-21-10-11-27(18-21)22-8-2-1-3-9-22)24-16-19-6-4-5-7-20(19)17-26-12-14-29-15-13-26/h1-9,21H,10-18H2,(H2,24,25,28). The molecule has 2 aliphatic rings. The summed E-state index contributed by atoms with van der Waals surface area (Å²) in [4.78, 5) is 17.2. The number of morpholine rings is 1. The summed E-state index contributed by atoms with van der Waals surface area (Å²) < 4.78 is 5.44. The number of anilines is 1. The van der Waals surface area contributed by atoms with Crippen molar-refractivity contribution in [1.82, 2.24) is 15.5 Å². The molecule has 2 fully saturated rings. The molecule has 2 aromatic rings. The summed E-state index contributed by atoms with van der Waals surface area (Å²) in [6, 6.07) is 18.8. The second-order valence-electron chi connectivity index (χ2n) is 7.75. The number of nitrogens with one attached hydrogen (secondary N) is 2. The fourth-order valence-electron chi connectivity index (χ4n) is 4.05. The number of ether oxygens (including phenoxy) is 1. The lowest BCUT2D eigenvalue weighted by atomic mass is 10.1. The van der Waals surface area contributed by atoms with Gasteiger partial charge in [-0.05, 0) is 29.7 Å². The molecule has 2 N–H and O–H groups in total. The summed E-state index contributed by atoms with van der Waals surface area (Å²) in [7, 11) is 0. The van der Waals surface area contributed by atoms with Gasteiger partial charge in [-0.15, -0.1) is 0 Å². The van der Waals surface area contributed by atoms with Crippen molar-refractivity contribution in [2.24, 2.45) is 0 Å². The predicted molar refractivity (Wildman–Crippen MR) is 115 cm³/mol. The van der Waals surface area contributed by atoms with Crippen LogP contribution in [0.5, 0.6) is 0 Å². The van der Waals surface area contributed by atoms with Crippen LogP contribution in [0.1, 0.15) is 17.5 Å². The quantitative estimate of drug-likeness (QED) is 0.791. The van der Waals surface area contributed by atoms with Crippen LogP contribution in [0, 0.1) is 0 Å². The first-order valence-corrected chi connectivity index (χ1v) is 10.5. The number of nitrogens with zero attached hydrogens (tertiary/aromatic N) is 2. The topological polar surface area (TPSA) is 56.8 Å². The van der Waals surface area contributed by atoms with Gasteiger partial charge in [0.2, 0.25) is 0 Å². The highest BCUT2D eigenvalue weighted by Crippen LogP contribution is 2.19. The largest absolute Gasteiger partial charge is 0.379 e. The molecule has 1 atom stereocenters. The van der Waals surface area contributed by atoms with Gasteiger partial charge in [0.25, 0.3) is 0 Å². The van der Waals surface area contributed by atoms with Gasteiger partial charge in [0.15, 0.2) is 0 Å². The van der Waals surface area contributed by atoms with E-state index < -0.39 is 0 Å². The Morgan fingerprint density at radius 3 is 2.48 bits per heavy atom. The highest BCUT2D eigenvalue weighted by molar-refractivity contribution is 5.74. The number of para-hydroxylation sites is 1. The molecular formula is C23H30N4O2. The molecule has 29 heavy (non-hydrogen) atoms. The highest BCUT2D eigenvalue weighted by atomic mass is 16.5. The Kier molecular flexibility index (Phi) is 6.64. The first kappa shape index (κ1) is 19.7. The Morgan fingerprint density at radius 2 is 1.69 bits per heavy atom. The number of rotatable bonds is 6. The third-order valence-electron chi connectivity index (χ3n) is 5.70. The van der Waals surface area contributed by atoms with Crippen LogP contribution in [-0.4, -0.2) is 56.4 Å². The summed E-state index contributed by atoms with van der Waals surface area (Å²) in [5.41, 5.74) is 3.66. The normalized spacial score (nSPS) is 19.9. The molecule has 2 aliphatic heterocycles. The van der Waals surface area contributed by atoms with Crippen molar-refractivity contribution >= 4 is 11.7 Å². The van der Waals surface area contributed by atoms with Crippen molar-refractivity contribution in [2.45, 2.75) is 25.6 Å². The van der Waals surface area contributed by atoms with Crippen LogP contribution >= 0.6 is 0 Å². The molecule has 0 radical (unpaired) electrons. The predicted octanol–water partition coefficient (Wildman–Crippen LogP) is 2.60. The van der Waals surface area contributed by atoms with Gasteiger partial charge in [0.1, 0.15) is 0 Å². The molecule has 154 valence electrons.